The molecule has 0 saturated carbocycles. The zero-order valence-electron chi connectivity index (χ0n) is 17.7. The number of fused-ring (bicyclic) bond motifs is 1. The van der Waals surface area contributed by atoms with Crippen LogP contribution in [0.2, 0.25) is 0 Å². The highest BCUT2D eigenvalue weighted by Crippen LogP contribution is 2.36. The number of anilines is 2. The summed E-state index contributed by atoms with van der Waals surface area (Å²) in [5.74, 6) is 0.879. The Morgan fingerprint density at radius 1 is 0.938 bits per heavy atom. The van der Waals surface area contributed by atoms with Crippen molar-refractivity contribution in [3.05, 3.63) is 59.9 Å². The molecule has 1 unspecified atom stereocenters. The Labute approximate surface area is 184 Å². The van der Waals surface area contributed by atoms with Gasteiger partial charge in [0.25, 0.3) is 0 Å². The molecule has 2 fully saturated rings. The predicted molar refractivity (Wildman–Crippen MR) is 118 cm³/mol. The van der Waals surface area contributed by atoms with Gasteiger partial charge in [0, 0.05) is 43.2 Å². The summed E-state index contributed by atoms with van der Waals surface area (Å²) in [7, 11) is 0. The number of aromatic nitrogens is 2. The number of alkyl halides is 3. The zero-order valence-corrected chi connectivity index (χ0v) is 17.7. The molecule has 1 atom stereocenters. The van der Waals surface area contributed by atoms with Gasteiger partial charge >= 0.3 is 6.18 Å². The van der Waals surface area contributed by atoms with Crippen LogP contribution in [0.25, 0.3) is 10.9 Å². The number of morpholine rings is 1. The molecule has 0 bridgehead atoms. The number of halogens is 3. The number of nitrogens with zero attached hydrogens (tertiary/aromatic N) is 4. The minimum Gasteiger partial charge on any atom is -0.378 e. The third kappa shape index (κ3) is 4.24. The lowest BCUT2D eigenvalue weighted by Crippen LogP contribution is -2.36. The quantitative estimate of drug-likeness (QED) is 0.579. The van der Waals surface area contributed by atoms with Crippen molar-refractivity contribution in [1.82, 2.24) is 9.97 Å². The van der Waals surface area contributed by atoms with Gasteiger partial charge in [0.05, 0.1) is 24.3 Å². The van der Waals surface area contributed by atoms with Crippen LogP contribution in [-0.2, 0) is 10.9 Å². The van der Waals surface area contributed by atoms with Gasteiger partial charge in [0.1, 0.15) is 12.1 Å². The first kappa shape index (κ1) is 21.0. The maximum Gasteiger partial charge on any atom is 0.416 e. The molecule has 3 aromatic rings. The topological polar surface area (TPSA) is 41.5 Å². The predicted octanol–water partition coefficient (Wildman–Crippen LogP) is 4.87. The fourth-order valence-corrected chi connectivity index (χ4v) is 4.71. The fraction of sp³-hybridized carbons (Fsp3) is 0.417. The van der Waals surface area contributed by atoms with Crippen molar-refractivity contribution in [2.24, 2.45) is 0 Å². The molecule has 1 aromatic heterocycles. The van der Waals surface area contributed by atoms with Crippen LogP contribution in [0.4, 0.5) is 24.7 Å². The summed E-state index contributed by atoms with van der Waals surface area (Å²) in [6.07, 6.45) is -0.986. The highest BCUT2D eigenvalue weighted by Gasteiger charge is 2.32. The Bertz CT molecular complexity index is 1100. The monoisotopic (exact) mass is 442 g/mol. The van der Waals surface area contributed by atoms with Crippen LogP contribution in [0.1, 0.15) is 29.9 Å². The molecule has 0 spiro atoms. The third-order valence-electron chi connectivity index (χ3n) is 6.38. The first-order valence-electron chi connectivity index (χ1n) is 11.0. The number of benzene rings is 2. The summed E-state index contributed by atoms with van der Waals surface area (Å²) in [6, 6.07) is 12.0. The maximum absolute atomic E-state index is 13.2. The van der Waals surface area contributed by atoms with E-state index in [-0.39, 0.29) is 5.92 Å². The highest BCUT2D eigenvalue weighted by molar-refractivity contribution is 5.91. The van der Waals surface area contributed by atoms with E-state index in [0.29, 0.717) is 6.54 Å². The van der Waals surface area contributed by atoms with Gasteiger partial charge in [0.15, 0.2) is 0 Å². The second-order valence-corrected chi connectivity index (χ2v) is 8.41. The SMILES string of the molecule is FC(F)(F)c1cccc(C2CCCN(c3ncnc4cc(N5CCOCC5)ccc34)C2)c1. The van der Waals surface area contributed by atoms with Crippen LogP contribution in [0.5, 0.6) is 0 Å². The van der Waals surface area contributed by atoms with Gasteiger partial charge in [-0.15, -0.1) is 0 Å². The van der Waals surface area contributed by atoms with Crippen molar-refractivity contribution in [2.75, 3.05) is 49.2 Å². The van der Waals surface area contributed by atoms with E-state index in [4.69, 9.17) is 4.74 Å². The van der Waals surface area contributed by atoms with E-state index in [1.807, 2.05) is 0 Å². The maximum atomic E-state index is 13.2. The molecular formula is C24H25F3N4O. The van der Waals surface area contributed by atoms with E-state index in [1.165, 1.54) is 12.1 Å². The molecule has 2 aliphatic heterocycles. The van der Waals surface area contributed by atoms with Gasteiger partial charge in [0.2, 0.25) is 0 Å². The summed E-state index contributed by atoms with van der Waals surface area (Å²) >= 11 is 0. The molecule has 2 aliphatic rings. The van der Waals surface area contributed by atoms with Crippen molar-refractivity contribution in [1.29, 1.82) is 0 Å². The van der Waals surface area contributed by atoms with E-state index in [1.54, 1.807) is 12.4 Å². The summed E-state index contributed by atoms with van der Waals surface area (Å²) < 4.78 is 45.0. The molecule has 0 aliphatic carbocycles. The van der Waals surface area contributed by atoms with Gasteiger partial charge in [-0.25, -0.2) is 9.97 Å². The zero-order chi connectivity index (χ0) is 22.1. The van der Waals surface area contributed by atoms with Gasteiger partial charge in [-0.3, -0.25) is 0 Å². The van der Waals surface area contributed by atoms with Crippen molar-refractivity contribution in [2.45, 2.75) is 24.9 Å². The van der Waals surface area contributed by atoms with Crippen molar-refractivity contribution >= 4 is 22.4 Å². The minimum absolute atomic E-state index is 0.0312. The van der Waals surface area contributed by atoms with E-state index < -0.39 is 11.7 Å². The van der Waals surface area contributed by atoms with Crippen LogP contribution in [0.3, 0.4) is 0 Å². The summed E-state index contributed by atoms with van der Waals surface area (Å²) in [4.78, 5) is 13.5. The van der Waals surface area contributed by atoms with Gasteiger partial charge in [-0.2, -0.15) is 13.2 Å². The molecular weight excluding hydrogens is 417 g/mol. The van der Waals surface area contributed by atoms with Crippen molar-refractivity contribution in [3.63, 3.8) is 0 Å². The molecule has 0 N–H and O–H groups in total. The smallest absolute Gasteiger partial charge is 0.378 e. The molecule has 32 heavy (non-hydrogen) atoms. The average molecular weight is 442 g/mol. The Balaban J connectivity index is 1.41. The number of hydrogen-bond donors (Lipinski definition) is 0. The standard InChI is InChI=1S/C24H25F3N4O/c25-24(26,27)19-5-1-3-17(13-19)18-4-2-8-31(15-18)23-21-7-6-20(14-22(21)28-16-29-23)30-9-11-32-12-10-30/h1,3,5-7,13-14,16,18H,2,4,8-12,15H2. The fourth-order valence-electron chi connectivity index (χ4n) is 4.71. The van der Waals surface area contributed by atoms with Crippen LogP contribution >= 0.6 is 0 Å². The second kappa shape index (κ2) is 8.58. The molecule has 2 saturated heterocycles. The molecule has 168 valence electrons. The van der Waals surface area contributed by atoms with Crippen LogP contribution in [0, 0.1) is 0 Å². The van der Waals surface area contributed by atoms with Gasteiger partial charge in [-0.05, 0) is 42.7 Å². The van der Waals surface area contributed by atoms with Crippen molar-refractivity contribution in [3.8, 4) is 0 Å². The molecule has 5 nitrogen and oxygen atoms in total. The molecule has 0 radical (unpaired) electrons. The highest BCUT2D eigenvalue weighted by atomic mass is 19.4. The Kier molecular flexibility index (Phi) is 5.63. The van der Waals surface area contributed by atoms with Crippen molar-refractivity contribution < 1.29 is 17.9 Å². The first-order chi connectivity index (χ1) is 15.5. The first-order valence-corrected chi connectivity index (χ1v) is 11.0. The number of hydrogen-bond acceptors (Lipinski definition) is 5. The average Bonchev–Trinajstić information content (AvgIpc) is 2.83. The second-order valence-electron chi connectivity index (χ2n) is 8.41. The number of piperidine rings is 1. The lowest BCUT2D eigenvalue weighted by Gasteiger charge is -2.34. The summed E-state index contributed by atoms with van der Waals surface area (Å²) in [6.45, 7) is 4.61. The van der Waals surface area contributed by atoms with Crippen LogP contribution < -0.4 is 9.80 Å². The lowest BCUT2D eigenvalue weighted by atomic mass is 9.89. The molecule has 2 aromatic carbocycles. The molecule has 8 heteroatoms. The van der Waals surface area contributed by atoms with Gasteiger partial charge < -0.3 is 14.5 Å². The molecule has 0 amide bonds. The van der Waals surface area contributed by atoms with Crippen LogP contribution in [-0.4, -0.2) is 49.4 Å². The largest absolute Gasteiger partial charge is 0.416 e. The molecule has 3 heterocycles. The third-order valence-corrected chi connectivity index (χ3v) is 6.38. The number of ether oxygens (including phenoxy) is 1. The normalized spacial score (nSPS) is 20.0. The van der Waals surface area contributed by atoms with E-state index in [0.717, 1.165) is 79.7 Å². The summed E-state index contributed by atoms with van der Waals surface area (Å²) in [5, 5.41) is 0.967. The van der Waals surface area contributed by atoms with E-state index in [2.05, 4.69) is 38.0 Å². The van der Waals surface area contributed by atoms with Gasteiger partial charge in [-0.1, -0.05) is 18.2 Å². The summed E-state index contributed by atoms with van der Waals surface area (Å²) in [5.41, 5.74) is 2.14. The lowest BCUT2D eigenvalue weighted by molar-refractivity contribution is -0.137. The van der Waals surface area contributed by atoms with E-state index in [9.17, 15) is 13.2 Å². The Hall–Kier alpha value is -2.87. The Morgan fingerprint density at radius 2 is 1.78 bits per heavy atom. The number of rotatable bonds is 3. The van der Waals surface area contributed by atoms with E-state index >= 15 is 0 Å². The van der Waals surface area contributed by atoms with Crippen LogP contribution in [0.15, 0.2) is 48.8 Å². The molecule has 5 rings (SSSR count). The Morgan fingerprint density at radius 3 is 2.59 bits per heavy atom. The minimum atomic E-state index is -4.33.